The number of aromatic nitrogens is 5. The first kappa shape index (κ1) is 33.2. The number of rotatable bonds is 4. The molecule has 1 aliphatic heterocycles. The highest BCUT2D eigenvalue weighted by atomic mass is 16.5. The number of hydrogen-bond acceptors (Lipinski definition) is 8. The van der Waals surface area contributed by atoms with E-state index in [1.165, 1.54) is 7.11 Å². The number of fused-ring (bicyclic) bond motifs is 4. The van der Waals surface area contributed by atoms with Gasteiger partial charge in [-0.1, -0.05) is 41.6 Å². The van der Waals surface area contributed by atoms with Gasteiger partial charge >= 0.3 is 0 Å². The minimum absolute atomic E-state index is 0.154. The standard InChI is InChI=1S/C36H40N8O5/c1-24-13-18-44-31(21-24)38-25(2)32(44)36(47)42-17-14-27-23-43(41-40-27)16-8-20-49-33-28(11-7-12-30(33)48-3)34(45)39-29(35(46)37-15-19-42)22-26-9-5-4-6-10-26/h4-7,9-13,18,21,23,29H,8,14-17,19-20,22H2,1-3H3,(H,37,46)(H,39,45)/t29-/m0/s1. The highest BCUT2D eigenvalue weighted by Gasteiger charge is 2.27. The minimum atomic E-state index is -0.904. The van der Waals surface area contributed by atoms with Crippen molar-refractivity contribution in [2.75, 3.05) is 33.4 Å². The van der Waals surface area contributed by atoms with Crippen LogP contribution in [0.1, 0.15) is 49.8 Å². The summed E-state index contributed by atoms with van der Waals surface area (Å²) in [5, 5.41) is 14.5. The highest BCUT2D eigenvalue weighted by Crippen LogP contribution is 2.31. The van der Waals surface area contributed by atoms with E-state index < -0.39 is 11.9 Å². The van der Waals surface area contributed by atoms with Crippen LogP contribution in [-0.4, -0.2) is 86.4 Å². The molecule has 2 bridgehead atoms. The topological polar surface area (TPSA) is 145 Å². The summed E-state index contributed by atoms with van der Waals surface area (Å²) in [6.45, 7) is 5.33. The van der Waals surface area contributed by atoms with Crippen molar-refractivity contribution in [1.82, 2.24) is 39.9 Å². The predicted octanol–water partition coefficient (Wildman–Crippen LogP) is 3.18. The van der Waals surface area contributed by atoms with Crippen LogP contribution in [0.3, 0.4) is 0 Å². The Bertz CT molecular complexity index is 1950. The van der Waals surface area contributed by atoms with Crippen LogP contribution in [0.2, 0.25) is 0 Å². The number of carbonyl (C=O) groups is 3. The summed E-state index contributed by atoms with van der Waals surface area (Å²) in [4.78, 5) is 48.0. The van der Waals surface area contributed by atoms with Crippen molar-refractivity contribution in [3.63, 3.8) is 0 Å². The van der Waals surface area contributed by atoms with Crippen LogP contribution in [0, 0.1) is 13.8 Å². The Morgan fingerprint density at radius 2 is 1.88 bits per heavy atom. The van der Waals surface area contributed by atoms with Gasteiger partial charge in [0.2, 0.25) is 5.91 Å². The summed E-state index contributed by atoms with van der Waals surface area (Å²) in [6, 6.07) is 17.5. The average Bonchev–Trinajstić information content (AvgIpc) is 3.69. The third kappa shape index (κ3) is 7.72. The lowest BCUT2D eigenvalue weighted by Gasteiger charge is -2.24. The molecule has 0 fully saturated rings. The molecule has 49 heavy (non-hydrogen) atoms. The van der Waals surface area contributed by atoms with Crippen molar-refractivity contribution >= 4 is 23.4 Å². The Labute approximate surface area is 284 Å². The zero-order valence-electron chi connectivity index (χ0n) is 27.9. The lowest BCUT2D eigenvalue weighted by molar-refractivity contribution is -0.123. The van der Waals surface area contributed by atoms with E-state index >= 15 is 0 Å². The van der Waals surface area contributed by atoms with Gasteiger partial charge in [-0.3, -0.25) is 23.5 Å². The molecule has 6 rings (SSSR count). The lowest BCUT2D eigenvalue weighted by atomic mass is 10.0. The van der Waals surface area contributed by atoms with Gasteiger partial charge in [0.15, 0.2) is 11.5 Å². The van der Waals surface area contributed by atoms with Gasteiger partial charge < -0.3 is 25.0 Å². The number of para-hydroxylation sites is 1. The fourth-order valence-electron chi connectivity index (χ4n) is 5.94. The van der Waals surface area contributed by atoms with Crippen LogP contribution in [-0.2, 0) is 24.2 Å². The number of hydrogen-bond donors (Lipinski definition) is 2. The van der Waals surface area contributed by atoms with E-state index in [1.807, 2.05) is 68.7 Å². The zero-order valence-corrected chi connectivity index (χ0v) is 27.9. The van der Waals surface area contributed by atoms with Gasteiger partial charge in [-0.15, -0.1) is 5.10 Å². The Morgan fingerprint density at radius 1 is 1.04 bits per heavy atom. The molecule has 0 spiro atoms. The molecule has 13 nitrogen and oxygen atoms in total. The molecule has 3 aromatic heterocycles. The minimum Gasteiger partial charge on any atom is -0.493 e. The molecule has 2 aromatic carbocycles. The largest absolute Gasteiger partial charge is 0.493 e. The van der Waals surface area contributed by atoms with Crippen molar-refractivity contribution in [1.29, 1.82) is 0 Å². The number of ether oxygens (including phenoxy) is 2. The molecule has 4 heterocycles. The maximum atomic E-state index is 14.1. The van der Waals surface area contributed by atoms with Crippen LogP contribution in [0.15, 0.2) is 73.1 Å². The number of aryl methyl sites for hydroxylation is 3. The van der Waals surface area contributed by atoms with Crippen molar-refractivity contribution in [3.05, 3.63) is 107 Å². The van der Waals surface area contributed by atoms with Gasteiger partial charge in [0.1, 0.15) is 17.4 Å². The van der Waals surface area contributed by atoms with Gasteiger partial charge in [-0.25, -0.2) is 4.98 Å². The van der Waals surface area contributed by atoms with Gasteiger partial charge in [0.25, 0.3) is 11.8 Å². The molecule has 1 atom stereocenters. The molecule has 0 saturated carbocycles. The maximum absolute atomic E-state index is 14.1. The summed E-state index contributed by atoms with van der Waals surface area (Å²) in [6.07, 6.45) is 5.01. The number of nitrogens with zero attached hydrogens (tertiary/aromatic N) is 6. The first-order valence-corrected chi connectivity index (χ1v) is 16.4. The molecule has 2 N–H and O–H groups in total. The average molecular weight is 665 g/mol. The van der Waals surface area contributed by atoms with E-state index in [0.29, 0.717) is 54.5 Å². The van der Waals surface area contributed by atoms with E-state index in [4.69, 9.17) is 9.47 Å². The number of nitrogens with one attached hydrogen (secondary N) is 2. The van der Waals surface area contributed by atoms with Crippen molar-refractivity contribution in [2.24, 2.45) is 0 Å². The van der Waals surface area contributed by atoms with E-state index in [1.54, 1.807) is 32.2 Å². The molecule has 0 saturated heterocycles. The molecule has 0 aliphatic carbocycles. The Kier molecular flexibility index (Phi) is 10.2. The van der Waals surface area contributed by atoms with Gasteiger partial charge in [-0.05, 0) is 49.2 Å². The molecule has 5 aromatic rings. The lowest BCUT2D eigenvalue weighted by Crippen LogP contribution is -2.50. The zero-order chi connectivity index (χ0) is 34.3. The van der Waals surface area contributed by atoms with Gasteiger partial charge in [0.05, 0.1) is 30.7 Å². The quantitative estimate of drug-likeness (QED) is 0.298. The molecule has 3 amide bonds. The van der Waals surface area contributed by atoms with E-state index in [9.17, 15) is 14.4 Å². The third-order valence-corrected chi connectivity index (χ3v) is 8.48. The Balaban J connectivity index is 1.29. The molecule has 13 heteroatoms. The van der Waals surface area contributed by atoms with E-state index in [2.05, 4.69) is 25.9 Å². The van der Waals surface area contributed by atoms with Crippen LogP contribution >= 0.6 is 0 Å². The van der Waals surface area contributed by atoms with Crippen LogP contribution in [0.5, 0.6) is 11.5 Å². The highest BCUT2D eigenvalue weighted by molar-refractivity contribution is 6.00. The summed E-state index contributed by atoms with van der Waals surface area (Å²) >= 11 is 0. The number of pyridine rings is 1. The van der Waals surface area contributed by atoms with Gasteiger partial charge in [0, 0.05) is 57.8 Å². The number of methoxy groups -OCH3 is 1. The first-order valence-electron chi connectivity index (χ1n) is 16.4. The first-order chi connectivity index (χ1) is 23.8. The monoisotopic (exact) mass is 664 g/mol. The molecular weight excluding hydrogens is 624 g/mol. The smallest absolute Gasteiger partial charge is 0.272 e. The number of carbonyl (C=O) groups excluding carboxylic acids is 3. The molecule has 0 radical (unpaired) electrons. The molecule has 0 unspecified atom stereocenters. The van der Waals surface area contributed by atoms with E-state index in [0.717, 1.165) is 16.8 Å². The second-order valence-corrected chi connectivity index (χ2v) is 12.0. The summed E-state index contributed by atoms with van der Waals surface area (Å²) in [5.74, 6) is -0.355. The summed E-state index contributed by atoms with van der Waals surface area (Å²) in [7, 11) is 1.51. The van der Waals surface area contributed by atoms with Crippen molar-refractivity contribution < 1.29 is 23.9 Å². The van der Waals surface area contributed by atoms with Crippen molar-refractivity contribution in [3.8, 4) is 11.5 Å². The second-order valence-electron chi connectivity index (χ2n) is 12.0. The SMILES string of the molecule is COc1cccc2c1OCCCn1cc(nn1)CCN(C(=O)c1c(C)nc3cc(C)ccn13)CCNC(=O)[C@H](Cc1ccccc1)NC2=O. The van der Waals surface area contributed by atoms with Crippen LogP contribution < -0.4 is 20.1 Å². The molecule has 1 aliphatic rings. The van der Waals surface area contributed by atoms with Crippen molar-refractivity contribution in [2.45, 2.75) is 45.7 Å². The Morgan fingerprint density at radius 3 is 2.69 bits per heavy atom. The Hall–Kier alpha value is -5.72. The number of imidazole rings is 1. The van der Waals surface area contributed by atoms with Gasteiger partial charge in [-0.2, -0.15) is 0 Å². The fourth-order valence-corrected chi connectivity index (χ4v) is 5.94. The normalized spacial score (nSPS) is 16.4. The summed E-state index contributed by atoms with van der Waals surface area (Å²) in [5.41, 5.74) is 4.68. The second kappa shape index (κ2) is 15.0. The fraction of sp³-hybridized carbons (Fsp3) is 0.333. The van der Waals surface area contributed by atoms with E-state index in [-0.39, 0.29) is 43.5 Å². The molecule has 254 valence electrons. The van der Waals surface area contributed by atoms with Crippen LogP contribution in [0.25, 0.3) is 5.65 Å². The predicted molar refractivity (Wildman–Crippen MR) is 182 cm³/mol. The maximum Gasteiger partial charge on any atom is 0.272 e. The summed E-state index contributed by atoms with van der Waals surface area (Å²) < 4.78 is 15.2. The number of benzene rings is 2. The third-order valence-electron chi connectivity index (χ3n) is 8.48. The molecular formula is C36H40N8O5. The number of amides is 3. The van der Waals surface area contributed by atoms with Crippen LogP contribution in [0.4, 0.5) is 0 Å².